The van der Waals surface area contributed by atoms with Crippen molar-refractivity contribution in [2.24, 2.45) is 35.5 Å². The van der Waals surface area contributed by atoms with Gasteiger partial charge in [0.25, 0.3) is 0 Å². The van der Waals surface area contributed by atoms with Gasteiger partial charge in [0.1, 0.15) is 12.2 Å². The predicted molar refractivity (Wildman–Crippen MR) is 109 cm³/mol. The number of rotatable bonds is 10. The second-order valence-electron chi connectivity index (χ2n) is 8.50. The van der Waals surface area contributed by atoms with Crippen molar-refractivity contribution in [1.29, 1.82) is 0 Å². The van der Waals surface area contributed by atoms with Gasteiger partial charge in [0, 0.05) is 14.2 Å². The van der Waals surface area contributed by atoms with Gasteiger partial charge in [-0.2, -0.15) is 0 Å². The standard InChI is InChI=1S/C22H34O10/c1-11(9-27-3)31-21(25)15-7-13(19(23)29-5)17-14(20(24)30-6)8-16(18(15)17)22(26)32-12(2)10-28-4/h11-18H,7-10H2,1-6H3. The summed E-state index contributed by atoms with van der Waals surface area (Å²) in [7, 11) is 5.50. The summed E-state index contributed by atoms with van der Waals surface area (Å²) in [5.74, 6) is -6.37. The molecule has 0 aromatic carbocycles. The first kappa shape index (κ1) is 26.1. The number of hydrogen-bond acceptors (Lipinski definition) is 10. The minimum Gasteiger partial charge on any atom is -0.469 e. The highest BCUT2D eigenvalue weighted by atomic mass is 16.6. The lowest BCUT2D eigenvalue weighted by Gasteiger charge is -2.25. The van der Waals surface area contributed by atoms with Gasteiger partial charge in [0.15, 0.2) is 0 Å². The van der Waals surface area contributed by atoms with Gasteiger partial charge in [0.2, 0.25) is 0 Å². The SMILES string of the molecule is COCC(C)OC(=O)C1CC(C(=O)OC)C2C(C(=O)OC)CC(C(=O)OC(C)COC)C12. The van der Waals surface area contributed by atoms with Crippen molar-refractivity contribution in [3.05, 3.63) is 0 Å². The Balaban J connectivity index is 2.39. The van der Waals surface area contributed by atoms with Crippen LogP contribution in [0.2, 0.25) is 0 Å². The van der Waals surface area contributed by atoms with Crippen LogP contribution in [0, 0.1) is 35.5 Å². The third-order valence-electron chi connectivity index (χ3n) is 6.37. The zero-order chi connectivity index (χ0) is 24.0. The molecule has 32 heavy (non-hydrogen) atoms. The normalized spacial score (nSPS) is 30.7. The molecule has 6 unspecified atom stereocenters. The summed E-state index contributed by atoms with van der Waals surface area (Å²) >= 11 is 0. The second-order valence-corrected chi connectivity index (χ2v) is 8.50. The molecule has 10 nitrogen and oxygen atoms in total. The summed E-state index contributed by atoms with van der Waals surface area (Å²) in [5.41, 5.74) is 0. The maximum absolute atomic E-state index is 13.1. The Morgan fingerprint density at radius 3 is 1.22 bits per heavy atom. The fourth-order valence-corrected chi connectivity index (χ4v) is 5.23. The second kappa shape index (κ2) is 11.6. The van der Waals surface area contributed by atoms with Crippen LogP contribution in [-0.2, 0) is 47.6 Å². The average Bonchev–Trinajstić information content (AvgIpc) is 3.31. The van der Waals surface area contributed by atoms with E-state index >= 15 is 0 Å². The van der Waals surface area contributed by atoms with Crippen LogP contribution < -0.4 is 0 Å². The summed E-state index contributed by atoms with van der Waals surface area (Å²) in [5, 5.41) is 0. The molecule has 2 fully saturated rings. The van der Waals surface area contributed by atoms with E-state index in [4.69, 9.17) is 28.4 Å². The van der Waals surface area contributed by atoms with Crippen molar-refractivity contribution in [3.63, 3.8) is 0 Å². The Morgan fingerprint density at radius 2 is 0.938 bits per heavy atom. The molecule has 2 saturated carbocycles. The third kappa shape index (κ3) is 5.58. The molecule has 182 valence electrons. The molecule has 0 aromatic rings. The van der Waals surface area contributed by atoms with Gasteiger partial charge < -0.3 is 28.4 Å². The van der Waals surface area contributed by atoms with Gasteiger partial charge in [0.05, 0.1) is 51.1 Å². The lowest BCUT2D eigenvalue weighted by Crippen LogP contribution is -2.35. The average molecular weight is 459 g/mol. The highest BCUT2D eigenvalue weighted by Crippen LogP contribution is 2.57. The molecule has 6 atom stereocenters. The molecule has 2 rings (SSSR count). The van der Waals surface area contributed by atoms with E-state index in [2.05, 4.69) is 0 Å². The predicted octanol–water partition coefficient (Wildman–Crippen LogP) is 0.993. The van der Waals surface area contributed by atoms with Crippen LogP contribution in [0.3, 0.4) is 0 Å². The molecule has 0 aromatic heterocycles. The maximum atomic E-state index is 13.1. The molecule has 0 bridgehead atoms. The summed E-state index contributed by atoms with van der Waals surface area (Å²) in [6.45, 7) is 3.79. The first-order chi connectivity index (χ1) is 15.2. The van der Waals surface area contributed by atoms with Crippen LogP contribution in [0.4, 0.5) is 0 Å². The minimum absolute atomic E-state index is 0.117. The number of hydrogen-bond donors (Lipinski definition) is 0. The Bertz CT molecular complexity index is 636. The van der Waals surface area contributed by atoms with Crippen molar-refractivity contribution in [3.8, 4) is 0 Å². The van der Waals surface area contributed by atoms with Crippen LogP contribution >= 0.6 is 0 Å². The van der Waals surface area contributed by atoms with Crippen LogP contribution in [0.15, 0.2) is 0 Å². The largest absolute Gasteiger partial charge is 0.469 e. The molecule has 2 aliphatic carbocycles. The fourth-order valence-electron chi connectivity index (χ4n) is 5.23. The molecule has 0 saturated heterocycles. The van der Waals surface area contributed by atoms with Crippen LogP contribution in [0.1, 0.15) is 26.7 Å². The van der Waals surface area contributed by atoms with Gasteiger partial charge in [-0.1, -0.05) is 0 Å². The lowest BCUT2D eigenvalue weighted by molar-refractivity contribution is -0.162. The van der Waals surface area contributed by atoms with Crippen molar-refractivity contribution in [1.82, 2.24) is 0 Å². The molecule has 0 amide bonds. The van der Waals surface area contributed by atoms with Gasteiger partial charge in [-0.3, -0.25) is 19.2 Å². The van der Waals surface area contributed by atoms with Gasteiger partial charge in [-0.05, 0) is 38.5 Å². The third-order valence-corrected chi connectivity index (χ3v) is 6.37. The number of carbonyl (C=O) groups is 4. The monoisotopic (exact) mass is 458 g/mol. The zero-order valence-electron chi connectivity index (χ0n) is 19.5. The van der Waals surface area contributed by atoms with Crippen LogP contribution in [-0.4, -0.2) is 77.7 Å². The van der Waals surface area contributed by atoms with Gasteiger partial charge in [-0.25, -0.2) is 0 Å². The van der Waals surface area contributed by atoms with Crippen LogP contribution in [0.25, 0.3) is 0 Å². The van der Waals surface area contributed by atoms with Crippen molar-refractivity contribution >= 4 is 23.9 Å². The molecular formula is C22H34O10. The fraction of sp³-hybridized carbons (Fsp3) is 0.818. The van der Waals surface area contributed by atoms with Crippen molar-refractivity contribution < 1.29 is 47.6 Å². The van der Waals surface area contributed by atoms with E-state index < -0.39 is 71.6 Å². The smallest absolute Gasteiger partial charge is 0.309 e. The van der Waals surface area contributed by atoms with Crippen molar-refractivity contribution in [2.75, 3.05) is 41.7 Å². The first-order valence-electron chi connectivity index (χ1n) is 10.7. The number of carbonyl (C=O) groups excluding carboxylic acids is 4. The summed E-state index contributed by atoms with van der Waals surface area (Å²) in [6.07, 6.45) is -0.780. The van der Waals surface area contributed by atoms with Gasteiger partial charge in [-0.15, -0.1) is 0 Å². The van der Waals surface area contributed by atoms with E-state index in [0.717, 1.165) is 0 Å². The summed E-state index contributed by atoms with van der Waals surface area (Å²) in [6, 6.07) is 0. The number of fused-ring (bicyclic) bond motifs is 1. The molecule has 0 aliphatic heterocycles. The van der Waals surface area contributed by atoms with Gasteiger partial charge >= 0.3 is 23.9 Å². The molecule has 0 heterocycles. The highest BCUT2D eigenvalue weighted by molar-refractivity contribution is 5.84. The number of methoxy groups -OCH3 is 4. The van der Waals surface area contributed by atoms with E-state index in [1.165, 1.54) is 28.4 Å². The molecule has 0 N–H and O–H groups in total. The molecule has 0 spiro atoms. The van der Waals surface area contributed by atoms with E-state index in [1.54, 1.807) is 13.8 Å². The van der Waals surface area contributed by atoms with E-state index in [1.807, 2.05) is 0 Å². The molecule has 2 aliphatic rings. The van der Waals surface area contributed by atoms with Crippen molar-refractivity contribution in [2.45, 2.75) is 38.9 Å². The minimum atomic E-state index is -0.770. The molecule has 10 heteroatoms. The van der Waals surface area contributed by atoms with E-state index in [0.29, 0.717) is 0 Å². The quantitative estimate of drug-likeness (QED) is 0.346. The Hall–Kier alpha value is -2.20. The Labute approximate surface area is 188 Å². The summed E-state index contributed by atoms with van der Waals surface area (Å²) in [4.78, 5) is 51.2. The Kier molecular flexibility index (Phi) is 9.45. The number of esters is 4. The van der Waals surface area contributed by atoms with Crippen LogP contribution in [0.5, 0.6) is 0 Å². The molecular weight excluding hydrogens is 424 g/mol. The maximum Gasteiger partial charge on any atom is 0.309 e. The molecule has 0 radical (unpaired) electrons. The lowest BCUT2D eigenvalue weighted by atomic mass is 9.82. The Morgan fingerprint density at radius 1 is 0.625 bits per heavy atom. The summed E-state index contributed by atoms with van der Waals surface area (Å²) < 4.78 is 31.0. The topological polar surface area (TPSA) is 124 Å². The zero-order valence-corrected chi connectivity index (χ0v) is 19.5. The first-order valence-corrected chi connectivity index (χ1v) is 10.7. The number of ether oxygens (including phenoxy) is 6. The highest BCUT2D eigenvalue weighted by Gasteiger charge is 2.63. The van der Waals surface area contributed by atoms with E-state index in [9.17, 15) is 19.2 Å². The van der Waals surface area contributed by atoms with E-state index in [-0.39, 0.29) is 26.1 Å².